The molecule has 64 valence electrons. The fourth-order valence-corrected chi connectivity index (χ4v) is 1.28. The largest absolute Gasteiger partial charge is 0.368 e. The number of nitrogens with two attached hydrogens (primary N) is 2. The van der Waals surface area contributed by atoms with Gasteiger partial charge in [-0.25, -0.2) is 0 Å². The van der Waals surface area contributed by atoms with Crippen molar-refractivity contribution >= 4 is 11.9 Å². The molecule has 1 aliphatic rings. The van der Waals surface area contributed by atoms with Gasteiger partial charge in [0.15, 0.2) is 0 Å². The van der Waals surface area contributed by atoms with Crippen LogP contribution in [-0.2, 0) is 0 Å². The van der Waals surface area contributed by atoms with Gasteiger partial charge in [0.1, 0.15) is 5.82 Å². The number of hydrogen-bond donors (Lipinski definition) is 2. The zero-order valence-corrected chi connectivity index (χ0v) is 6.70. The number of rotatable bonds is 1. The Hall–Kier alpha value is -1.39. The van der Waals surface area contributed by atoms with Gasteiger partial charge >= 0.3 is 0 Å². The highest BCUT2D eigenvalue weighted by Crippen LogP contribution is 2.34. The van der Waals surface area contributed by atoms with Crippen LogP contribution >= 0.6 is 0 Å². The molecule has 1 saturated carbocycles. The van der Waals surface area contributed by atoms with Gasteiger partial charge in [0.05, 0.1) is 0 Å². The van der Waals surface area contributed by atoms with Gasteiger partial charge in [0, 0.05) is 5.92 Å². The Morgan fingerprint density at radius 1 is 1.00 bits per heavy atom. The number of hydrogen-bond acceptors (Lipinski definition) is 5. The maximum absolute atomic E-state index is 5.43. The topological polar surface area (TPSA) is 90.7 Å². The first-order valence-corrected chi connectivity index (χ1v) is 4.02. The molecule has 1 heterocycles. The van der Waals surface area contributed by atoms with E-state index in [1.807, 2.05) is 0 Å². The molecule has 1 aromatic rings. The van der Waals surface area contributed by atoms with Crippen molar-refractivity contribution in [3.05, 3.63) is 5.82 Å². The van der Waals surface area contributed by atoms with Gasteiger partial charge in [-0.1, -0.05) is 6.42 Å². The molecule has 0 aromatic carbocycles. The molecular formula is C7H11N5. The van der Waals surface area contributed by atoms with Crippen LogP contribution in [0.15, 0.2) is 0 Å². The third-order valence-electron chi connectivity index (χ3n) is 2.16. The van der Waals surface area contributed by atoms with E-state index in [1.54, 1.807) is 0 Å². The van der Waals surface area contributed by atoms with E-state index in [4.69, 9.17) is 11.5 Å². The minimum Gasteiger partial charge on any atom is -0.368 e. The van der Waals surface area contributed by atoms with Crippen LogP contribution in [0.2, 0.25) is 0 Å². The molecule has 0 spiro atoms. The third-order valence-corrected chi connectivity index (χ3v) is 2.16. The molecule has 1 aliphatic carbocycles. The Labute approximate surface area is 70.2 Å². The molecule has 0 aliphatic heterocycles. The van der Waals surface area contributed by atoms with Crippen molar-refractivity contribution in [1.82, 2.24) is 15.0 Å². The molecular weight excluding hydrogens is 154 g/mol. The summed E-state index contributed by atoms with van der Waals surface area (Å²) in [6.07, 6.45) is 3.53. The maximum atomic E-state index is 5.43. The van der Waals surface area contributed by atoms with Gasteiger partial charge in [0.2, 0.25) is 11.9 Å². The fourth-order valence-electron chi connectivity index (χ4n) is 1.28. The average Bonchev–Trinajstić information content (AvgIpc) is 1.79. The first kappa shape index (κ1) is 7.27. The lowest BCUT2D eigenvalue weighted by Crippen LogP contribution is -2.15. The minimum atomic E-state index is 0.226. The van der Waals surface area contributed by atoms with Crippen molar-refractivity contribution in [2.75, 3.05) is 11.5 Å². The van der Waals surface area contributed by atoms with Gasteiger partial charge in [-0.3, -0.25) is 0 Å². The predicted octanol–water partition coefficient (Wildman–Crippen LogP) is 0.303. The molecule has 5 heteroatoms. The lowest BCUT2D eigenvalue weighted by molar-refractivity contribution is 0.401. The molecule has 1 aromatic heterocycles. The lowest BCUT2D eigenvalue weighted by atomic mass is 9.85. The Morgan fingerprint density at radius 2 is 1.58 bits per heavy atom. The van der Waals surface area contributed by atoms with Crippen molar-refractivity contribution in [2.24, 2.45) is 0 Å². The van der Waals surface area contributed by atoms with Crippen LogP contribution in [0, 0.1) is 0 Å². The van der Waals surface area contributed by atoms with E-state index in [2.05, 4.69) is 15.0 Å². The van der Waals surface area contributed by atoms with Crippen LogP contribution in [0.3, 0.4) is 0 Å². The molecule has 0 atom stereocenters. The van der Waals surface area contributed by atoms with Crippen LogP contribution in [-0.4, -0.2) is 15.0 Å². The smallest absolute Gasteiger partial charge is 0.225 e. The molecule has 5 nitrogen and oxygen atoms in total. The van der Waals surface area contributed by atoms with E-state index in [0.717, 1.165) is 18.7 Å². The Morgan fingerprint density at radius 3 is 2.00 bits per heavy atom. The van der Waals surface area contributed by atoms with E-state index in [-0.39, 0.29) is 11.9 Å². The van der Waals surface area contributed by atoms with Crippen molar-refractivity contribution in [3.8, 4) is 0 Å². The van der Waals surface area contributed by atoms with Crippen molar-refractivity contribution in [1.29, 1.82) is 0 Å². The minimum absolute atomic E-state index is 0.226. The normalized spacial score (nSPS) is 17.3. The monoisotopic (exact) mass is 165 g/mol. The summed E-state index contributed by atoms with van der Waals surface area (Å²) in [6, 6.07) is 0. The second kappa shape index (κ2) is 2.58. The summed E-state index contributed by atoms with van der Waals surface area (Å²) in [5, 5.41) is 0. The van der Waals surface area contributed by atoms with E-state index in [1.165, 1.54) is 6.42 Å². The van der Waals surface area contributed by atoms with E-state index in [0.29, 0.717) is 5.92 Å². The predicted molar refractivity (Wildman–Crippen MR) is 45.2 cm³/mol. The van der Waals surface area contributed by atoms with Crippen LogP contribution in [0.5, 0.6) is 0 Å². The summed E-state index contributed by atoms with van der Waals surface area (Å²) in [4.78, 5) is 11.8. The SMILES string of the molecule is Nc1nc(N)nc(C2CCC2)n1. The third kappa shape index (κ3) is 1.17. The molecule has 0 saturated heterocycles. The molecule has 2 rings (SSSR count). The van der Waals surface area contributed by atoms with Gasteiger partial charge in [0.25, 0.3) is 0 Å². The quantitative estimate of drug-likeness (QED) is 0.624. The van der Waals surface area contributed by atoms with Crippen LogP contribution in [0.4, 0.5) is 11.9 Å². The summed E-state index contributed by atoms with van der Waals surface area (Å²) in [5.74, 6) is 1.66. The highest BCUT2D eigenvalue weighted by molar-refractivity contribution is 5.27. The van der Waals surface area contributed by atoms with Crippen LogP contribution < -0.4 is 11.5 Å². The zero-order valence-electron chi connectivity index (χ0n) is 6.70. The lowest BCUT2D eigenvalue weighted by Gasteiger charge is -2.23. The number of aromatic nitrogens is 3. The first-order valence-electron chi connectivity index (χ1n) is 4.02. The molecule has 0 bridgehead atoms. The Balaban J connectivity index is 2.30. The number of nitrogens with zero attached hydrogens (tertiary/aromatic N) is 3. The highest BCUT2D eigenvalue weighted by atomic mass is 15.1. The summed E-state index contributed by atoms with van der Waals surface area (Å²) < 4.78 is 0. The second-order valence-electron chi connectivity index (χ2n) is 3.04. The first-order chi connectivity index (χ1) is 5.75. The van der Waals surface area contributed by atoms with Crippen LogP contribution in [0.25, 0.3) is 0 Å². The van der Waals surface area contributed by atoms with E-state index < -0.39 is 0 Å². The average molecular weight is 165 g/mol. The standard InChI is InChI=1S/C7H11N5/c8-6-10-5(4-2-1-3-4)11-7(9)12-6/h4H,1-3H2,(H4,8,9,10,11,12). The van der Waals surface area contributed by atoms with Crippen LogP contribution in [0.1, 0.15) is 31.0 Å². The molecule has 4 N–H and O–H groups in total. The van der Waals surface area contributed by atoms with Crippen molar-refractivity contribution in [2.45, 2.75) is 25.2 Å². The van der Waals surface area contributed by atoms with Gasteiger partial charge in [-0.05, 0) is 12.8 Å². The van der Waals surface area contributed by atoms with Crippen molar-refractivity contribution < 1.29 is 0 Å². The van der Waals surface area contributed by atoms with Gasteiger partial charge < -0.3 is 11.5 Å². The van der Waals surface area contributed by atoms with Crippen molar-refractivity contribution in [3.63, 3.8) is 0 Å². The molecule has 1 fully saturated rings. The zero-order chi connectivity index (χ0) is 8.55. The van der Waals surface area contributed by atoms with E-state index >= 15 is 0 Å². The molecule has 12 heavy (non-hydrogen) atoms. The highest BCUT2D eigenvalue weighted by Gasteiger charge is 2.22. The molecule has 0 unspecified atom stereocenters. The Kier molecular flexibility index (Phi) is 1.56. The summed E-state index contributed by atoms with van der Waals surface area (Å²) in [5.41, 5.74) is 10.9. The fraction of sp³-hybridized carbons (Fsp3) is 0.571. The summed E-state index contributed by atoms with van der Waals surface area (Å²) in [7, 11) is 0. The summed E-state index contributed by atoms with van der Waals surface area (Å²) >= 11 is 0. The number of nitrogen functional groups attached to an aromatic ring is 2. The van der Waals surface area contributed by atoms with Gasteiger partial charge in [-0.2, -0.15) is 15.0 Å². The maximum Gasteiger partial charge on any atom is 0.225 e. The molecule has 0 radical (unpaired) electrons. The Bertz CT molecular complexity index is 274. The van der Waals surface area contributed by atoms with E-state index in [9.17, 15) is 0 Å². The number of anilines is 2. The van der Waals surface area contributed by atoms with Gasteiger partial charge in [-0.15, -0.1) is 0 Å². The molecule has 0 amide bonds. The summed E-state index contributed by atoms with van der Waals surface area (Å²) in [6.45, 7) is 0. The second-order valence-corrected chi connectivity index (χ2v) is 3.04.